The van der Waals surface area contributed by atoms with Crippen LogP contribution in [0.15, 0.2) is 97.1 Å². The Morgan fingerprint density at radius 1 is 0.367 bits per heavy atom. The fourth-order valence-corrected chi connectivity index (χ4v) is 7.96. The molecular formula is C50H46O10. The smallest absolute Gasteiger partial charge is 0.335 e. The SMILES string of the molecule is CCc1cc(C(=O)O)ccc1-c1cc(-c2cc(-c3ccc(C(=O)O)cc3CC)c(OC)c(-c3ccc(C(=O)O)cc3CC)c2)cc(-c2ccc(C(=O)O)cc2CC)c1OC. The molecule has 0 saturated heterocycles. The van der Waals surface area contributed by atoms with Crippen LogP contribution in [-0.2, 0) is 25.7 Å². The highest BCUT2D eigenvalue weighted by Crippen LogP contribution is 2.49. The average molecular weight is 807 g/mol. The van der Waals surface area contributed by atoms with Crippen LogP contribution in [0.3, 0.4) is 0 Å². The Morgan fingerprint density at radius 3 is 0.750 bits per heavy atom. The molecule has 0 radical (unpaired) electrons. The molecule has 6 aromatic rings. The predicted octanol–water partition coefficient (Wildman–Crippen LogP) is 11.1. The first kappa shape index (κ1) is 42.4. The van der Waals surface area contributed by atoms with Gasteiger partial charge in [0.05, 0.1) is 36.5 Å². The molecule has 0 fully saturated rings. The van der Waals surface area contributed by atoms with Crippen LogP contribution in [-0.4, -0.2) is 58.5 Å². The van der Waals surface area contributed by atoms with E-state index in [0.29, 0.717) is 59.4 Å². The van der Waals surface area contributed by atoms with Crippen molar-refractivity contribution in [2.24, 2.45) is 0 Å². The third-order valence-corrected chi connectivity index (χ3v) is 11.0. The fourth-order valence-electron chi connectivity index (χ4n) is 7.96. The molecule has 0 atom stereocenters. The van der Waals surface area contributed by atoms with E-state index in [0.717, 1.165) is 55.6 Å². The summed E-state index contributed by atoms with van der Waals surface area (Å²) in [5.74, 6) is -3.17. The number of carboxylic acids is 4. The summed E-state index contributed by atoms with van der Waals surface area (Å²) in [4.78, 5) is 48.3. The van der Waals surface area contributed by atoms with E-state index in [1.165, 1.54) is 0 Å². The second-order valence-electron chi connectivity index (χ2n) is 14.3. The van der Waals surface area contributed by atoms with Gasteiger partial charge in [-0.05, 0) is 154 Å². The number of aryl methyl sites for hydroxylation is 4. The molecule has 0 aliphatic carbocycles. The van der Waals surface area contributed by atoms with Crippen LogP contribution >= 0.6 is 0 Å². The molecule has 0 aliphatic heterocycles. The molecule has 0 aliphatic rings. The number of hydrogen-bond acceptors (Lipinski definition) is 6. The summed E-state index contributed by atoms with van der Waals surface area (Å²) in [7, 11) is 3.14. The number of methoxy groups -OCH3 is 2. The topological polar surface area (TPSA) is 168 Å². The van der Waals surface area contributed by atoms with Gasteiger partial charge in [-0.1, -0.05) is 52.0 Å². The zero-order valence-corrected chi connectivity index (χ0v) is 34.3. The minimum atomic E-state index is -1.05. The lowest BCUT2D eigenvalue weighted by molar-refractivity contribution is 0.0686. The van der Waals surface area contributed by atoms with Gasteiger partial charge < -0.3 is 29.9 Å². The second kappa shape index (κ2) is 17.7. The highest BCUT2D eigenvalue weighted by Gasteiger charge is 2.25. The standard InChI is InChI=1S/C50H46O10/c1-7-27-19-31(47(51)52)11-15-37(27)41-23-35(24-42(45(41)59-5)38-16-12-32(48(53)54)20-28(38)8-2)36-25-43(39-17-13-33(49(55)56)21-29(39)9-3)46(60-6)44(26-36)40-18-14-34(50(57)58)22-30(40)10-4/h11-26H,7-10H2,1-6H3,(H,51,52)(H,53,54)(H,55,56)(H,57,58). The summed E-state index contributed by atoms with van der Waals surface area (Å²) in [6.45, 7) is 7.80. The van der Waals surface area contributed by atoms with Crippen molar-refractivity contribution in [2.45, 2.75) is 53.4 Å². The van der Waals surface area contributed by atoms with Gasteiger partial charge in [0.1, 0.15) is 11.5 Å². The molecule has 0 spiro atoms. The van der Waals surface area contributed by atoms with Crippen LogP contribution in [0.25, 0.3) is 55.6 Å². The van der Waals surface area contributed by atoms with Crippen LogP contribution < -0.4 is 9.47 Å². The van der Waals surface area contributed by atoms with E-state index in [9.17, 15) is 39.6 Å². The number of aromatic carboxylic acids is 4. The number of carboxylic acid groups (broad SMARTS) is 4. The quantitative estimate of drug-likeness (QED) is 0.0784. The normalized spacial score (nSPS) is 11.0. The first-order valence-electron chi connectivity index (χ1n) is 19.7. The average Bonchev–Trinajstić information content (AvgIpc) is 3.26. The van der Waals surface area contributed by atoms with E-state index in [4.69, 9.17) is 9.47 Å². The Bertz CT molecular complexity index is 2330. The minimum Gasteiger partial charge on any atom is -0.495 e. The van der Waals surface area contributed by atoms with Crippen LogP contribution in [0.5, 0.6) is 11.5 Å². The lowest BCUT2D eigenvalue weighted by Gasteiger charge is -2.23. The summed E-state index contributed by atoms with van der Waals surface area (Å²) < 4.78 is 12.5. The number of hydrogen-bond donors (Lipinski definition) is 4. The number of rotatable bonds is 15. The van der Waals surface area contributed by atoms with E-state index in [2.05, 4.69) is 0 Å². The molecule has 6 rings (SSSR count). The van der Waals surface area contributed by atoms with Crippen molar-refractivity contribution in [3.05, 3.63) is 142 Å². The van der Waals surface area contributed by atoms with Crippen LogP contribution in [0, 0.1) is 0 Å². The molecule has 0 aromatic heterocycles. The second-order valence-corrected chi connectivity index (χ2v) is 14.3. The zero-order valence-electron chi connectivity index (χ0n) is 34.3. The molecule has 4 N–H and O–H groups in total. The number of benzene rings is 6. The van der Waals surface area contributed by atoms with Gasteiger partial charge in [0.2, 0.25) is 0 Å². The highest BCUT2D eigenvalue weighted by molar-refractivity contribution is 5.97. The molecular weight excluding hydrogens is 761 g/mol. The molecule has 0 unspecified atom stereocenters. The van der Waals surface area contributed by atoms with E-state index in [1.54, 1.807) is 87.0 Å². The largest absolute Gasteiger partial charge is 0.495 e. The van der Waals surface area contributed by atoms with Gasteiger partial charge >= 0.3 is 23.9 Å². The van der Waals surface area contributed by atoms with Gasteiger partial charge in [0.25, 0.3) is 0 Å². The third-order valence-electron chi connectivity index (χ3n) is 11.0. The molecule has 10 nitrogen and oxygen atoms in total. The maximum atomic E-state index is 12.1. The lowest BCUT2D eigenvalue weighted by Crippen LogP contribution is -2.03. The van der Waals surface area contributed by atoms with Gasteiger partial charge in [0.15, 0.2) is 0 Å². The molecule has 60 heavy (non-hydrogen) atoms. The van der Waals surface area contributed by atoms with Crippen molar-refractivity contribution in [3.8, 4) is 67.1 Å². The lowest BCUT2D eigenvalue weighted by atomic mass is 9.84. The Kier molecular flexibility index (Phi) is 12.5. The number of ether oxygens (including phenoxy) is 2. The van der Waals surface area contributed by atoms with Gasteiger partial charge in [-0.25, -0.2) is 19.2 Å². The molecule has 0 saturated carbocycles. The highest BCUT2D eigenvalue weighted by atomic mass is 16.5. The molecule has 0 bridgehead atoms. The summed E-state index contributed by atoms with van der Waals surface area (Å²) in [5.41, 5.74) is 10.9. The fraction of sp³-hybridized carbons (Fsp3) is 0.200. The maximum Gasteiger partial charge on any atom is 0.335 e. The molecule has 10 heteroatoms. The monoisotopic (exact) mass is 806 g/mol. The van der Waals surface area contributed by atoms with E-state index >= 15 is 0 Å². The van der Waals surface area contributed by atoms with Gasteiger partial charge in [-0.3, -0.25) is 0 Å². The van der Waals surface area contributed by atoms with Crippen molar-refractivity contribution >= 4 is 23.9 Å². The van der Waals surface area contributed by atoms with Crippen molar-refractivity contribution in [3.63, 3.8) is 0 Å². The predicted molar refractivity (Wildman–Crippen MR) is 232 cm³/mol. The minimum absolute atomic E-state index is 0.147. The van der Waals surface area contributed by atoms with Crippen LogP contribution in [0.2, 0.25) is 0 Å². The first-order chi connectivity index (χ1) is 28.8. The molecule has 0 heterocycles. The van der Waals surface area contributed by atoms with Crippen molar-refractivity contribution < 1.29 is 49.1 Å². The van der Waals surface area contributed by atoms with E-state index < -0.39 is 23.9 Å². The molecule has 6 aromatic carbocycles. The van der Waals surface area contributed by atoms with Gasteiger partial charge in [0, 0.05) is 22.3 Å². The summed E-state index contributed by atoms with van der Waals surface area (Å²) in [6, 6.07) is 28.0. The van der Waals surface area contributed by atoms with Crippen molar-refractivity contribution in [1.82, 2.24) is 0 Å². The molecule has 0 amide bonds. The summed E-state index contributed by atoms with van der Waals surface area (Å²) >= 11 is 0. The first-order valence-corrected chi connectivity index (χ1v) is 19.7. The van der Waals surface area contributed by atoms with Crippen molar-refractivity contribution in [2.75, 3.05) is 14.2 Å². The van der Waals surface area contributed by atoms with Crippen LogP contribution in [0.4, 0.5) is 0 Å². The van der Waals surface area contributed by atoms with Crippen LogP contribution in [0.1, 0.15) is 91.4 Å². The Morgan fingerprint density at radius 2 is 0.583 bits per heavy atom. The number of carbonyl (C=O) groups is 4. The van der Waals surface area contributed by atoms with E-state index in [1.807, 2.05) is 52.0 Å². The summed E-state index contributed by atoms with van der Waals surface area (Å²) in [6.07, 6.45) is 2.06. The Balaban J connectivity index is 1.79. The molecule has 306 valence electrons. The maximum absolute atomic E-state index is 12.1. The van der Waals surface area contributed by atoms with Crippen molar-refractivity contribution in [1.29, 1.82) is 0 Å². The Labute approximate surface area is 348 Å². The van der Waals surface area contributed by atoms with Gasteiger partial charge in [-0.2, -0.15) is 0 Å². The third kappa shape index (κ3) is 8.09. The zero-order chi connectivity index (χ0) is 43.4. The summed E-state index contributed by atoms with van der Waals surface area (Å²) in [5, 5.41) is 39.5. The van der Waals surface area contributed by atoms with Gasteiger partial charge in [-0.15, -0.1) is 0 Å². The van der Waals surface area contributed by atoms with E-state index in [-0.39, 0.29) is 22.3 Å². The Hall–Kier alpha value is -7.20.